The number of carbonyl (C=O) groups is 2. The number of aliphatic carboxylic acids is 1. The molecule has 0 bridgehead atoms. The fourth-order valence-corrected chi connectivity index (χ4v) is 4.05. The molecule has 0 spiro atoms. The zero-order chi connectivity index (χ0) is 21.8. The van der Waals surface area contributed by atoms with Crippen molar-refractivity contribution in [1.82, 2.24) is 4.90 Å². The maximum atomic E-state index is 14.3. The van der Waals surface area contributed by atoms with E-state index >= 15 is 0 Å². The molecule has 0 saturated heterocycles. The highest BCUT2D eigenvalue weighted by Crippen LogP contribution is 2.40. The SMILES string of the molecule is O=C(O)COc1ccc(F)cc1C1c2ccccc2CCN1C(=O)Cc1ccccc1. The summed E-state index contributed by atoms with van der Waals surface area (Å²) < 4.78 is 19.7. The van der Waals surface area contributed by atoms with Crippen LogP contribution in [-0.4, -0.2) is 35.0 Å². The summed E-state index contributed by atoms with van der Waals surface area (Å²) in [5.41, 5.74) is 3.30. The van der Waals surface area contributed by atoms with E-state index in [0.717, 1.165) is 16.7 Å². The standard InChI is InChI=1S/C25H22FNO4/c26-19-10-11-22(31-16-24(29)30)21(15-19)25-20-9-5-4-8-18(20)12-13-27(25)23(28)14-17-6-2-1-3-7-17/h1-11,15,25H,12-14,16H2,(H,29,30). The predicted octanol–water partition coefficient (Wildman–Crippen LogP) is 4.01. The van der Waals surface area contributed by atoms with Crippen molar-refractivity contribution in [3.63, 3.8) is 0 Å². The van der Waals surface area contributed by atoms with Gasteiger partial charge in [-0.2, -0.15) is 0 Å². The fourth-order valence-electron chi connectivity index (χ4n) is 4.05. The first-order valence-electron chi connectivity index (χ1n) is 10.1. The van der Waals surface area contributed by atoms with Gasteiger partial charge in [-0.1, -0.05) is 54.6 Å². The molecule has 0 saturated carbocycles. The molecule has 4 rings (SSSR count). The molecular formula is C25H22FNO4. The van der Waals surface area contributed by atoms with Crippen LogP contribution in [0.1, 0.15) is 28.3 Å². The third-order valence-electron chi connectivity index (χ3n) is 5.42. The smallest absolute Gasteiger partial charge is 0.341 e. The molecule has 3 aromatic rings. The summed E-state index contributed by atoms with van der Waals surface area (Å²) in [6.07, 6.45) is 0.911. The number of nitrogens with zero attached hydrogens (tertiary/aromatic N) is 1. The number of rotatable bonds is 6. The lowest BCUT2D eigenvalue weighted by Gasteiger charge is -2.38. The van der Waals surface area contributed by atoms with Gasteiger partial charge in [0.2, 0.25) is 5.91 Å². The molecule has 1 heterocycles. The Labute approximate surface area is 179 Å². The molecule has 0 radical (unpaired) electrons. The van der Waals surface area contributed by atoms with E-state index in [-0.39, 0.29) is 18.1 Å². The lowest BCUT2D eigenvalue weighted by Crippen LogP contribution is -2.41. The van der Waals surface area contributed by atoms with Gasteiger partial charge in [-0.15, -0.1) is 0 Å². The van der Waals surface area contributed by atoms with Crippen LogP contribution in [-0.2, 0) is 22.4 Å². The van der Waals surface area contributed by atoms with Crippen LogP contribution in [0.3, 0.4) is 0 Å². The minimum atomic E-state index is -1.13. The minimum absolute atomic E-state index is 0.0841. The zero-order valence-electron chi connectivity index (χ0n) is 16.8. The molecule has 0 aromatic heterocycles. The van der Waals surface area contributed by atoms with E-state index in [1.165, 1.54) is 18.2 Å². The fraction of sp³-hybridized carbons (Fsp3) is 0.200. The van der Waals surface area contributed by atoms with Crippen molar-refractivity contribution in [2.45, 2.75) is 18.9 Å². The second-order valence-corrected chi connectivity index (χ2v) is 7.47. The van der Waals surface area contributed by atoms with Gasteiger partial charge in [0.05, 0.1) is 12.5 Å². The number of hydrogen-bond donors (Lipinski definition) is 1. The predicted molar refractivity (Wildman–Crippen MR) is 113 cm³/mol. The van der Waals surface area contributed by atoms with E-state index in [4.69, 9.17) is 9.84 Å². The lowest BCUT2D eigenvalue weighted by atomic mass is 9.87. The second-order valence-electron chi connectivity index (χ2n) is 7.47. The van der Waals surface area contributed by atoms with E-state index in [1.807, 2.05) is 54.6 Å². The molecule has 1 unspecified atom stereocenters. The Bertz CT molecular complexity index is 1100. The third kappa shape index (κ3) is 4.58. The molecule has 0 fully saturated rings. The van der Waals surface area contributed by atoms with E-state index in [0.29, 0.717) is 18.5 Å². The quantitative estimate of drug-likeness (QED) is 0.656. The van der Waals surface area contributed by atoms with Crippen LogP contribution in [0.15, 0.2) is 72.8 Å². The Balaban J connectivity index is 1.76. The molecule has 158 valence electrons. The van der Waals surface area contributed by atoms with Crippen molar-refractivity contribution in [3.05, 3.63) is 101 Å². The van der Waals surface area contributed by atoms with Crippen LogP contribution in [0.4, 0.5) is 4.39 Å². The first kappa shape index (κ1) is 20.6. The van der Waals surface area contributed by atoms with Crippen molar-refractivity contribution in [3.8, 4) is 5.75 Å². The number of carboxylic acid groups (broad SMARTS) is 1. The number of ether oxygens (including phenoxy) is 1. The molecular weight excluding hydrogens is 397 g/mol. The zero-order valence-corrected chi connectivity index (χ0v) is 16.8. The normalized spacial score (nSPS) is 15.3. The number of hydrogen-bond acceptors (Lipinski definition) is 3. The Morgan fingerprint density at radius 2 is 1.74 bits per heavy atom. The summed E-state index contributed by atoms with van der Waals surface area (Å²) >= 11 is 0. The van der Waals surface area contributed by atoms with Gasteiger partial charge in [0, 0.05) is 12.1 Å². The molecule has 5 nitrogen and oxygen atoms in total. The van der Waals surface area contributed by atoms with Crippen molar-refractivity contribution >= 4 is 11.9 Å². The molecule has 1 N–H and O–H groups in total. The summed E-state index contributed by atoms with van der Waals surface area (Å²) in [5, 5.41) is 9.03. The Kier molecular flexibility index (Phi) is 5.98. The lowest BCUT2D eigenvalue weighted by molar-refractivity contribution is -0.139. The van der Waals surface area contributed by atoms with Gasteiger partial charge in [0.1, 0.15) is 11.6 Å². The maximum absolute atomic E-state index is 14.3. The highest BCUT2D eigenvalue weighted by molar-refractivity contribution is 5.80. The van der Waals surface area contributed by atoms with Crippen LogP contribution < -0.4 is 4.74 Å². The highest BCUT2D eigenvalue weighted by Gasteiger charge is 2.34. The Hall–Kier alpha value is -3.67. The molecule has 6 heteroatoms. The van der Waals surface area contributed by atoms with Crippen LogP contribution in [0, 0.1) is 5.82 Å². The third-order valence-corrected chi connectivity index (χ3v) is 5.42. The summed E-state index contributed by atoms with van der Waals surface area (Å²) in [5.74, 6) is -1.44. The van der Waals surface area contributed by atoms with Gasteiger partial charge >= 0.3 is 5.97 Å². The Morgan fingerprint density at radius 1 is 1.00 bits per heavy atom. The molecule has 1 amide bonds. The molecule has 31 heavy (non-hydrogen) atoms. The van der Waals surface area contributed by atoms with Gasteiger partial charge in [0.15, 0.2) is 6.61 Å². The van der Waals surface area contributed by atoms with E-state index in [2.05, 4.69) is 0 Å². The summed E-state index contributed by atoms with van der Waals surface area (Å²) in [4.78, 5) is 26.1. The van der Waals surface area contributed by atoms with Crippen molar-refractivity contribution in [2.24, 2.45) is 0 Å². The van der Waals surface area contributed by atoms with Gasteiger partial charge in [-0.25, -0.2) is 9.18 Å². The van der Waals surface area contributed by atoms with Crippen LogP contribution >= 0.6 is 0 Å². The summed E-state index contributed by atoms with van der Waals surface area (Å²) in [7, 11) is 0. The van der Waals surface area contributed by atoms with Gasteiger partial charge in [-0.05, 0) is 41.3 Å². The number of carboxylic acids is 1. The molecule has 0 aliphatic carbocycles. The van der Waals surface area contributed by atoms with E-state index < -0.39 is 24.4 Å². The molecule has 1 atom stereocenters. The van der Waals surface area contributed by atoms with Crippen molar-refractivity contribution in [1.29, 1.82) is 0 Å². The molecule has 3 aromatic carbocycles. The number of fused-ring (bicyclic) bond motifs is 1. The van der Waals surface area contributed by atoms with Gasteiger partial charge in [-0.3, -0.25) is 4.79 Å². The second kappa shape index (κ2) is 9.00. The molecule has 1 aliphatic rings. The summed E-state index contributed by atoms with van der Waals surface area (Å²) in [6, 6.07) is 20.6. The van der Waals surface area contributed by atoms with E-state index in [9.17, 15) is 14.0 Å². The molecule has 1 aliphatic heterocycles. The van der Waals surface area contributed by atoms with Crippen LogP contribution in [0.25, 0.3) is 0 Å². The number of benzene rings is 3. The van der Waals surface area contributed by atoms with Gasteiger partial charge in [0.25, 0.3) is 0 Å². The maximum Gasteiger partial charge on any atom is 0.341 e. The summed E-state index contributed by atoms with van der Waals surface area (Å²) in [6.45, 7) is -0.0762. The number of carbonyl (C=O) groups excluding carboxylic acids is 1. The topological polar surface area (TPSA) is 66.8 Å². The number of amides is 1. The largest absolute Gasteiger partial charge is 0.482 e. The first-order chi connectivity index (χ1) is 15.0. The van der Waals surface area contributed by atoms with Crippen molar-refractivity contribution in [2.75, 3.05) is 13.2 Å². The van der Waals surface area contributed by atoms with E-state index in [1.54, 1.807) is 4.90 Å². The van der Waals surface area contributed by atoms with Crippen LogP contribution in [0.2, 0.25) is 0 Å². The minimum Gasteiger partial charge on any atom is -0.482 e. The van der Waals surface area contributed by atoms with Crippen molar-refractivity contribution < 1.29 is 23.8 Å². The monoisotopic (exact) mass is 419 g/mol. The average Bonchev–Trinajstić information content (AvgIpc) is 2.78. The van der Waals surface area contributed by atoms with Crippen LogP contribution in [0.5, 0.6) is 5.75 Å². The Morgan fingerprint density at radius 3 is 2.52 bits per heavy atom. The van der Waals surface area contributed by atoms with Gasteiger partial charge < -0.3 is 14.7 Å². The first-order valence-corrected chi connectivity index (χ1v) is 10.1. The average molecular weight is 419 g/mol. The number of halogens is 1. The highest BCUT2D eigenvalue weighted by atomic mass is 19.1.